The molecule has 2 aromatic rings. The average Bonchev–Trinajstić information content (AvgIpc) is 2.53. The lowest BCUT2D eigenvalue weighted by Crippen LogP contribution is -2.19. The van der Waals surface area contributed by atoms with Crippen LogP contribution in [0.15, 0.2) is 48.7 Å². The molecule has 0 aliphatic rings. The largest absolute Gasteiger partial charge is 0.481 e. The van der Waals surface area contributed by atoms with Crippen molar-refractivity contribution in [1.29, 1.82) is 0 Å². The molecule has 1 heterocycles. The summed E-state index contributed by atoms with van der Waals surface area (Å²) in [6.45, 7) is 1.89. The Morgan fingerprint density at radius 3 is 2.58 bits per heavy atom. The van der Waals surface area contributed by atoms with Crippen LogP contribution in [0.1, 0.15) is 24.1 Å². The van der Waals surface area contributed by atoms with E-state index in [4.69, 9.17) is 5.11 Å². The fourth-order valence-corrected chi connectivity index (χ4v) is 2.51. The molecule has 126 valence electrons. The van der Waals surface area contributed by atoms with Crippen molar-refractivity contribution in [3.63, 3.8) is 0 Å². The number of carboxylic acids is 1. The van der Waals surface area contributed by atoms with E-state index in [0.717, 1.165) is 22.4 Å². The van der Waals surface area contributed by atoms with Gasteiger partial charge in [0.1, 0.15) is 0 Å². The zero-order valence-corrected chi connectivity index (χ0v) is 13.5. The molecule has 0 aliphatic carbocycles. The number of aliphatic hydroxyl groups excluding tert-OH is 2. The number of aromatic nitrogens is 1. The Labute approximate surface area is 140 Å². The van der Waals surface area contributed by atoms with Crippen molar-refractivity contribution in [2.75, 3.05) is 0 Å². The van der Waals surface area contributed by atoms with Gasteiger partial charge < -0.3 is 15.3 Å². The molecule has 0 saturated carbocycles. The Morgan fingerprint density at radius 2 is 1.92 bits per heavy atom. The molecule has 24 heavy (non-hydrogen) atoms. The highest BCUT2D eigenvalue weighted by atomic mass is 16.4. The Kier molecular flexibility index (Phi) is 6.23. The van der Waals surface area contributed by atoms with E-state index >= 15 is 0 Å². The van der Waals surface area contributed by atoms with Crippen LogP contribution in [-0.4, -0.2) is 38.5 Å². The fourth-order valence-electron chi connectivity index (χ4n) is 2.51. The molecule has 3 N–H and O–H groups in total. The van der Waals surface area contributed by atoms with Crippen molar-refractivity contribution < 1.29 is 20.1 Å². The summed E-state index contributed by atoms with van der Waals surface area (Å²) >= 11 is 0. The Bertz CT molecular complexity index is 713. The van der Waals surface area contributed by atoms with Crippen LogP contribution >= 0.6 is 0 Å². The van der Waals surface area contributed by atoms with Crippen LogP contribution in [0.2, 0.25) is 0 Å². The van der Waals surface area contributed by atoms with Gasteiger partial charge in [-0.3, -0.25) is 9.78 Å². The zero-order chi connectivity index (χ0) is 17.5. The second-order valence-corrected chi connectivity index (χ2v) is 5.64. The average molecular weight is 327 g/mol. The third-order valence-corrected chi connectivity index (χ3v) is 3.68. The summed E-state index contributed by atoms with van der Waals surface area (Å²) in [4.78, 5) is 14.8. The SMILES string of the molecule is Cc1nccc(-c2ccccc2)c1C=CC(O)CC(O)CC(=O)O. The number of aryl methyl sites for hydroxylation is 1. The third-order valence-electron chi connectivity index (χ3n) is 3.68. The van der Waals surface area contributed by atoms with Gasteiger partial charge in [0.25, 0.3) is 0 Å². The molecular weight excluding hydrogens is 306 g/mol. The van der Waals surface area contributed by atoms with Gasteiger partial charge >= 0.3 is 5.97 Å². The van der Waals surface area contributed by atoms with Gasteiger partial charge in [-0.2, -0.15) is 0 Å². The second kappa shape index (κ2) is 8.38. The molecule has 0 bridgehead atoms. The molecule has 0 amide bonds. The topological polar surface area (TPSA) is 90.7 Å². The minimum Gasteiger partial charge on any atom is -0.481 e. The number of rotatable bonds is 7. The van der Waals surface area contributed by atoms with Crippen molar-refractivity contribution in [3.8, 4) is 11.1 Å². The Balaban J connectivity index is 2.19. The number of nitrogens with zero attached hydrogens (tertiary/aromatic N) is 1. The molecule has 1 aromatic carbocycles. The van der Waals surface area contributed by atoms with Gasteiger partial charge in [-0.1, -0.05) is 42.5 Å². The van der Waals surface area contributed by atoms with Crippen LogP contribution in [0.5, 0.6) is 0 Å². The van der Waals surface area contributed by atoms with Gasteiger partial charge in [-0.25, -0.2) is 0 Å². The Hall–Kier alpha value is -2.50. The minimum atomic E-state index is -1.09. The van der Waals surface area contributed by atoms with Crippen LogP contribution in [0.25, 0.3) is 17.2 Å². The summed E-state index contributed by atoms with van der Waals surface area (Å²) in [5.74, 6) is -1.09. The summed E-state index contributed by atoms with van der Waals surface area (Å²) in [5, 5.41) is 28.2. The second-order valence-electron chi connectivity index (χ2n) is 5.64. The third kappa shape index (κ3) is 5.01. The minimum absolute atomic E-state index is 0.0250. The summed E-state index contributed by atoms with van der Waals surface area (Å²) in [5.41, 5.74) is 3.75. The predicted octanol–water partition coefficient (Wildman–Crippen LogP) is 2.66. The quantitative estimate of drug-likeness (QED) is 0.727. The number of carbonyl (C=O) groups is 1. The molecule has 1 aromatic heterocycles. The number of aliphatic carboxylic acids is 1. The van der Waals surface area contributed by atoms with Crippen LogP contribution in [0, 0.1) is 6.92 Å². The number of pyridine rings is 1. The Morgan fingerprint density at radius 1 is 1.21 bits per heavy atom. The maximum atomic E-state index is 10.5. The molecule has 0 saturated heterocycles. The summed E-state index contributed by atoms with van der Waals surface area (Å²) in [6.07, 6.45) is 2.65. The van der Waals surface area contributed by atoms with Gasteiger partial charge in [0.2, 0.25) is 0 Å². The van der Waals surface area contributed by atoms with Crippen molar-refractivity contribution in [3.05, 3.63) is 59.9 Å². The number of hydrogen-bond donors (Lipinski definition) is 3. The van der Waals surface area contributed by atoms with Crippen molar-refractivity contribution in [2.45, 2.75) is 32.0 Å². The maximum Gasteiger partial charge on any atom is 0.305 e. The van der Waals surface area contributed by atoms with E-state index < -0.39 is 18.2 Å². The molecule has 2 rings (SSSR count). The molecule has 2 atom stereocenters. The van der Waals surface area contributed by atoms with Crippen LogP contribution in [0.3, 0.4) is 0 Å². The lowest BCUT2D eigenvalue weighted by atomic mass is 9.98. The van der Waals surface area contributed by atoms with E-state index in [1.807, 2.05) is 43.3 Å². The van der Waals surface area contributed by atoms with Crippen molar-refractivity contribution in [2.24, 2.45) is 0 Å². The van der Waals surface area contributed by atoms with E-state index in [-0.39, 0.29) is 12.8 Å². The first-order valence-electron chi connectivity index (χ1n) is 7.74. The zero-order valence-electron chi connectivity index (χ0n) is 13.5. The van der Waals surface area contributed by atoms with E-state index in [9.17, 15) is 15.0 Å². The van der Waals surface area contributed by atoms with Gasteiger partial charge in [0.15, 0.2) is 0 Å². The number of benzene rings is 1. The number of hydrogen-bond acceptors (Lipinski definition) is 4. The van der Waals surface area contributed by atoms with Crippen LogP contribution in [-0.2, 0) is 4.79 Å². The number of carboxylic acid groups (broad SMARTS) is 1. The van der Waals surface area contributed by atoms with Crippen LogP contribution < -0.4 is 0 Å². The first-order chi connectivity index (χ1) is 11.5. The van der Waals surface area contributed by atoms with Crippen molar-refractivity contribution in [1.82, 2.24) is 4.98 Å². The fraction of sp³-hybridized carbons (Fsp3) is 0.263. The van der Waals surface area contributed by atoms with Crippen molar-refractivity contribution >= 4 is 12.0 Å². The van der Waals surface area contributed by atoms with Gasteiger partial charge in [-0.05, 0) is 24.1 Å². The van der Waals surface area contributed by atoms with Gasteiger partial charge in [0, 0.05) is 23.9 Å². The normalized spacial score (nSPS) is 13.8. The molecule has 0 spiro atoms. The van der Waals surface area contributed by atoms with Gasteiger partial charge in [-0.15, -0.1) is 0 Å². The molecular formula is C19H21NO4. The number of aliphatic hydroxyl groups is 2. The predicted molar refractivity (Wildman–Crippen MR) is 92.3 cm³/mol. The van der Waals surface area contributed by atoms with E-state index in [1.54, 1.807) is 18.3 Å². The van der Waals surface area contributed by atoms with E-state index in [2.05, 4.69) is 4.98 Å². The highest BCUT2D eigenvalue weighted by Gasteiger charge is 2.13. The highest BCUT2D eigenvalue weighted by Crippen LogP contribution is 2.26. The monoisotopic (exact) mass is 327 g/mol. The van der Waals surface area contributed by atoms with Gasteiger partial charge in [0.05, 0.1) is 18.6 Å². The van der Waals surface area contributed by atoms with Crippen LogP contribution in [0.4, 0.5) is 0 Å². The molecule has 0 radical (unpaired) electrons. The summed E-state index contributed by atoms with van der Waals surface area (Å²) in [6, 6.07) is 11.8. The first-order valence-corrected chi connectivity index (χ1v) is 7.74. The smallest absolute Gasteiger partial charge is 0.305 e. The maximum absolute atomic E-state index is 10.5. The highest BCUT2D eigenvalue weighted by molar-refractivity contribution is 5.76. The molecule has 2 unspecified atom stereocenters. The van der Waals surface area contributed by atoms with E-state index in [0.29, 0.717) is 0 Å². The van der Waals surface area contributed by atoms with E-state index in [1.165, 1.54) is 0 Å². The lowest BCUT2D eigenvalue weighted by Gasteiger charge is -2.12. The first kappa shape index (κ1) is 17.8. The summed E-state index contributed by atoms with van der Waals surface area (Å²) < 4.78 is 0. The molecule has 5 heteroatoms. The molecule has 0 aliphatic heterocycles. The lowest BCUT2D eigenvalue weighted by molar-refractivity contribution is -0.139. The standard InChI is InChI=1S/C19H21NO4/c1-13-17(8-7-15(21)11-16(22)12-19(23)24)18(9-10-20-13)14-5-3-2-4-6-14/h2-10,15-16,21-22H,11-12H2,1H3,(H,23,24). The summed E-state index contributed by atoms with van der Waals surface area (Å²) in [7, 11) is 0. The molecule has 0 fully saturated rings. The molecule has 5 nitrogen and oxygen atoms in total.